The molecule has 2 aromatic rings. The van der Waals surface area contributed by atoms with Gasteiger partial charge in [0.15, 0.2) is 0 Å². The summed E-state index contributed by atoms with van der Waals surface area (Å²) in [6.45, 7) is 0. The first-order chi connectivity index (χ1) is 9.20. The first-order valence-electron chi connectivity index (χ1n) is 5.67. The number of nitrogens with zero attached hydrogens (tertiary/aromatic N) is 1. The first kappa shape index (κ1) is 13.3. The minimum atomic E-state index is -0.533. The predicted octanol–water partition coefficient (Wildman–Crippen LogP) is 3.40. The van der Waals surface area contributed by atoms with Crippen molar-refractivity contribution in [3.05, 3.63) is 59.9 Å². The fraction of sp³-hybridized carbons (Fsp3) is 0.0667. The summed E-state index contributed by atoms with van der Waals surface area (Å²) in [6.07, 6.45) is 3.33. The van der Waals surface area contributed by atoms with E-state index in [-0.39, 0.29) is 0 Å². The quantitative estimate of drug-likeness (QED) is 0.633. The van der Waals surface area contributed by atoms with Gasteiger partial charge in [-0.15, -0.1) is 0 Å². The van der Waals surface area contributed by atoms with Crippen LogP contribution in [0.25, 0.3) is 11.6 Å². The molecule has 0 fully saturated rings. The average molecular weight is 274 g/mol. The SMILES string of the molecule is COc1ccc(C=C(C(=O)Cl)c2ccccn2)cc1. The van der Waals surface area contributed by atoms with Crippen molar-refractivity contribution in [1.29, 1.82) is 0 Å². The van der Waals surface area contributed by atoms with E-state index in [2.05, 4.69) is 4.98 Å². The number of allylic oxidation sites excluding steroid dienone is 1. The van der Waals surface area contributed by atoms with Crippen molar-refractivity contribution in [3.8, 4) is 5.75 Å². The van der Waals surface area contributed by atoms with Crippen molar-refractivity contribution >= 4 is 28.5 Å². The number of benzene rings is 1. The molecule has 4 heteroatoms. The number of carbonyl (C=O) groups excluding carboxylic acids is 1. The van der Waals surface area contributed by atoms with Gasteiger partial charge in [-0.1, -0.05) is 18.2 Å². The molecule has 3 nitrogen and oxygen atoms in total. The minimum absolute atomic E-state index is 0.368. The molecule has 0 N–H and O–H groups in total. The highest BCUT2D eigenvalue weighted by Gasteiger charge is 2.10. The molecule has 0 aliphatic carbocycles. The number of methoxy groups -OCH3 is 1. The second kappa shape index (κ2) is 6.16. The Kier molecular flexibility index (Phi) is 4.31. The van der Waals surface area contributed by atoms with Crippen LogP contribution in [0.15, 0.2) is 48.7 Å². The Bertz CT molecular complexity index is 591. The molecule has 0 spiro atoms. The van der Waals surface area contributed by atoms with Gasteiger partial charge < -0.3 is 4.74 Å². The lowest BCUT2D eigenvalue weighted by molar-refractivity contribution is -0.106. The second-order valence-electron chi connectivity index (χ2n) is 3.82. The fourth-order valence-electron chi connectivity index (χ4n) is 1.62. The van der Waals surface area contributed by atoms with Crippen LogP contribution in [0.4, 0.5) is 0 Å². The van der Waals surface area contributed by atoms with Gasteiger partial charge in [-0.3, -0.25) is 9.78 Å². The second-order valence-corrected chi connectivity index (χ2v) is 4.16. The Morgan fingerprint density at radius 3 is 2.47 bits per heavy atom. The van der Waals surface area contributed by atoms with E-state index in [1.807, 2.05) is 30.3 Å². The van der Waals surface area contributed by atoms with Crippen LogP contribution in [0, 0.1) is 0 Å². The summed E-state index contributed by atoms with van der Waals surface area (Å²) in [7, 11) is 1.60. The Morgan fingerprint density at radius 2 is 1.95 bits per heavy atom. The molecule has 1 heterocycles. The van der Waals surface area contributed by atoms with Crippen LogP contribution in [0.5, 0.6) is 5.75 Å². The van der Waals surface area contributed by atoms with Gasteiger partial charge in [0.25, 0.3) is 5.24 Å². The molecule has 0 amide bonds. The van der Waals surface area contributed by atoms with Crippen LogP contribution in [0.1, 0.15) is 11.3 Å². The summed E-state index contributed by atoms with van der Waals surface area (Å²) in [5, 5.41) is -0.533. The molecule has 0 bridgehead atoms. The van der Waals surface area contributed by atoms with Gasteiger partial charge in [-0.2, -0.15) is 0 Å². The van der Waals surface area contributed by atoms with Gasteiger partial charge in [0.1, 0.15) is 5.75 Å². The average Bonchev–Trinajstić information content (AvgIpc) is 2.46. The van der Waals surface area contributed by atoms with Gasteiger partial charge >= 0.3 is 0 Å². The normalized spacial score (nSPS) is 11.2. The molecular weight excluding hydrogens is 262 g/mol. The van der Waals surface area contributed by atoms with Gasteiger partial charge in [0.05, 0.1) is 18.4 Å². The van der Waals surface area contributed by atoms with E-state index in [1.165, 1.54) is 0 Å². The third-order valence-corrected chi connectivity index (χ3v) is 2.78. The van der Waals surface area contributed by atoms with Crippen molar-refractivity contribution in [2.75, 3.05) is 7.11 Å². The number of rotatable bonds is 4. The number of hydrogen-bond acceptors (Lipinski definition) is 3. The molecule has 0 aliphatic rings. The van der Waals surface area contributed by atoms with Crippen LogP contribution in [0.3, 0.4) is 0 Å². The molecule has 0 unspecified atom stereocenters. The summed E-state index contributed by atoms with van der Waals surface area (Å²) < 4.78 is 5.08. The zero-order valence-electron chi connectivity index (χ0n) is 10.3. The topological polar surface area (TPSA) is 39.2 Å². The fourth-order valence-corrected chi connectivity index (χ4v) is 1.77. The molecular formula is C15H12ClNO2. The largest absolute Gasteiger partial charge is 0.497 e. The van der Waals surface area contributed by atoms with Gasteiger partial charge in [-0.25, -0.2) is 0 Å². The molecule has 0 radical (unpaired) electrons. The van der Waals surface area contributed by atoms with Crippen molar-refractivity contribution in [1.82, 2.24) is 4.98 Å². The first-order valence-corrected chi connectivity index (χ1v) is 6.05. The van der Waals surface area contributed by atoms with Crippen LogP contribution < -0.4 is 4.74 Å². The zero-order chi connectivity index (χ0) is 13.7. The third-order valence-electron chi connectivity index (χ3n) is 2.58. The molecule has 0 saturated heterocycles. The lowest BCUT2D eigenvalue weighted by atomic mass is 10.1. The predicted molar refractivity (Wildman–Crippen MR) is 76.0 cm³/mol. The van der Waals surface area contributed by atoms with Crippen molar-refractivity contribution in [2.45, 2.75) is 0 Å². The third kappa shape index (κ3) is 3.42. The molecule has 1 aromatic carbocycles. The van der Waals surface area contributed by atoms with Crippen molar-refractivity contribution in [3.63, 3.8) is 0 Å². The molecule has 2 rings (SSSR count). The van der Waals surface area contributed by atoms with Crippen molar-refractivity contribution in [2.24, 2.45) is 0 Å². The summed E-state index contributed by atoms with van der Waals surface area (Å²) in [6, 6.07) is 12.7. The Hall–Kier alpha value is -2.13. The number of carbonyl (C=O) groups is 1. The maximum absolute atomic E-state index is 11.5. The van der Waals surface area contributed by atoms with E-state index in [0.717, 1.165) is 11.3 Å². The van der Waals surface area contributed by atoms with Crippen molar-refractivity contribution < 1.29 is 9.53 Å². The Balaban J connectivity index is 2.38. The number of hydrogen-bond donors (Lipinski definition) is 0. The van der Waals surface area contributed by atoms with E-state index >= 15 is 0 Å². The van der Waals surface area contributed by atoms with E-state index < -0.39 is 5.24 Å². The summed E-state index contributed by atoms with van der Waals surface area (Å²) >= 11 is 5.61. The lowest BCUT2D eigenvalue weighted by Gasteiger charge is -2.03. The van der Waals surface area contributed by atoms with E-state index in [9.17, 15) is 4.79 Å². The standard InChI is InChI=1S/C15H12ClNO2/c1-19-12-7-5-11(6-8-12)10-13(15(16)18)14-4-2-3-9-17-14/h2-10H,1H3. The van der Waals surface area contributed by atoms with E-state index in [4.69, 9.17) is 16.3 Å². The highest BCUT2D eigenvalue weighted by atomic mass is 35.5. The Morgan fingerprint density at radius 1 is 1.21 bits per heavy atom. The van der Waals surface area contributed by atoms with Crippen LogP contribution in [-0.4, -0.2) is 17.3 Å². The minimum Gasteiger partial charge on any atom is -0.497 e. The van der Waals surface area contributed by atoms with E-state index in [0.29, 0.717) is 11.3 Å². The molecule has 0 aliphatic heterocycles. The van der Waals surface area contributed by atoms with Gasteiger partial charge in [-0.05, 0) is 47.5 Å². The van der Waals surface area contributed by atoms with Gasteiger partial charge in [0, 0.05) is 6.20 Å². The maximum Gasteiger partial charge on any atom is 0.254 e. The number of halogens is 1. The van der Waals surface area contributed by atoms with E-state index in [1.54, 1.807) is 31.5 Å². The molecule has 1 aromatic heterocycles. The lowest BCUT2D eigenvalue weighted by Crippen LogP contribution is -1.95. The van der Waals surface area contributed by atoms with Crippen LogP contribution in [-0.2, 0) is 4.79 Å². The summed E-state index contributed by atoms with van der Waals surface area (Å²) in [4.78, 5) is 15.6. The number of aromatic nitrogens is 1. The molecule has 19 heavy (non-hydrogen) atoms. The smallest absolute Gasteiger partial charge is 0.254 e. The molecule has 96 valence electrons. The Labute approximate surface area is 116 Å². The monoisotopic (exact) mass is 273 g/mol. The zero-order valence-corrected chi connectivity index (χ0v) is 11.1. The summed E-state index contributed by atoms with van der Waals surface area (Å²) in [5.41, 5.74) is 1.78. The number of pyridine rings is 1. The highest BCUT2D eigenvalue weighted by Crippen LogP contribution is 2.20. The highest BCUT2D eigenvalue weighted by molar-refractivity contribution is 6.75. The van der Waals surface area contributed by atoms with Gasteiger partial charge in [0.2, 0.25) is 0 Å². The summed E-state index contributed by atoms with van der Waals surface area (Å²) in [5.74, 6) is 0.758. The number of ether oxygens (including phenoxy) is 1. The molecule has 0 atom stereocenters. The van der Waals surface area contributed by atoms with Crippen LogP contribution in [0.2, 0.25) is 0 Å². The van der Waals surface area contributed by atoms with Crippen LogP contribution >= 0.6 is 11.6 Å². The molecule has 0 saturated carbocycles. The maximum atomic E-state index is 11.5.